The highest BCUT2D eigenvalue weighted by molar-refractivity contribution is 7.47. The maximum atomic E-state index is 11.8. The van der Waals surface area contributed by atoms with E-state index >= 15 is 0 Å². The molecule has 0 radical (unpaired) electrons. The molecule has 0 aromatic heterocycles. The molecule has 0 saturated heterocycles. The van der Waals surface area contributed by atoms with Crippen molar-refractivity contribution in [2.75, 3.05) is 40.9 Å². The van der Waals surface area contributed by atoms with Gasteiger partial charge in [-0.3, -0.25) is 9.05 Å². The van der Waals surface area contributed by atoms with Crippen molar-refractivity contribution in [3.8, 4) is 0 Å². The first-order valence-corrected chi connectivity index (χ1v) is 16.3. The molecule has 1 N–H and O–H groups in total. The van der Waals surface area contributed by atoms with E-state index < -0.39 is 7.82 Å². The summed E-state index contributed by atoms with van der Waals surface area (Å²) in [7, 11) is 2.17. The first-order valence-electron chi connectivity index (χ1n) is 14.8. The number of hydrogen-bond acceptors (Lipinski definition) is 3. The highest BCUT2D eigenvalue weighted by Gasteiger charge is 2.21. The van der Waals surface area contributed by atoms with Gasteiger partial charge in [0.15, 0.2) is 0 Å². The summed E-state index contributed by atoms with van der Waals surface area (Å²) in [5.41, 5.74) is 0. The van der Waals surface area contributed by atoms with Gasteiger partial charge in [-0.05, 0) is 19.3 Å². The quantitative estimate of drug-likeness (QED) is 0.0485. The zero-order valence-corrected chi connectivity index (χ0v) is 24.7. The van der Waals surface area contributed by atoms with Gasteiger partial charge in [-0.2, -0.15) is 0 Å². The Hall–Kier alpha value is -0.190. The summed E-state index contributed by atoms with van der Waals surface area (Å²) in [6.45, 7) is 4.98. The standard InChI is InChI=1S/C29H60NO4P/c1-5-6-7-8-9-10-11-12-13-14-15-16-17-18-19-20-21-22-23-24-25-26-28-33-35(31,32)34-29-27-30(2,3)4/h5H,1,6-29H2,2-4H3/p+1. The van der Waals surface area contributed by atoms with Crippen LogP contribution in [0.4, 0.5) is 0 Å². The predicted molar refractivity (Wildman–Crippen MR) is 152 cm³/mol. The van der Waals surface area contributed by atoms with E-state index in [0.717, 1.165) is 12.8 Å². The van der Waals surface area contributed by atoms with E-state index in [9.17, 15) is 9.46 Å². The van der Waals surface area contributed by atoms with E-state index in [0.29, 0.717) is 17.6 Å². The molecule has 35 heavy (non-hydrogen) atoms. The highest BCUT2D eigenvalue weighted by atomic mass is 31.2. The molecule has 0 aliphatic heterocycles. The second-order valence-electron chi connectivity index (χ2n) is 11.3. The lowest BCUT2D eigenvalue weighted by molar-refractivity contribution is -0.870. The average molecular weight is 519 g/mol. The predicted octanol–water partition coefficient (Wildman–Crippen LogP) is 9.20. The zero-order chi connectivity index (χ0) is 26.1. The van der Waals surface area contributed by atoms with Gasteiger partial charge >= 0.3 is 7.82 Å². The number of phosphoric acid groups is 1. The van der Waals surface area contributed by atoms with Crippen LogP contribution in [0.15, 0.2) is 12.7 Å². The van der Waals surface area contributed by atoms with E-state index in [4.69, 9.17) is 9.05 Å². The maximum Gasteiger partial charge on any atom is 0.472 e. The van der Waals surface area contributed by atoms with Gasteiger partial charge in [0, 0.05) is 0 Å². The maximum absolute atomic E-state index is 11.8. The van der Waals surface area contributed by atoms with Gasteiger partial charge in [0.25, 0.3) is 0 Å². The van der Waals surface area contributed by atoms with Crippen molar-refractivity contribution in [3.05, 3.63) is 12.7 Å². The number of nitrogens with zero attached hydrogens (tertiary/aromatic N) is 1. The summed E-state index contributed by atoms with van der Waals surface area (Å²) in [5.74, 6) is 0. The van der Waals surface area contributed by atoms with Crippen LogP contribution >= 0.6 is 7.82 Å². The van der Waals surface area contributed by atoms with E-state index in [2.05, 4.69) is 6.58 Å². The molecule has 0 aliphatic carbocycles. The second kappa shape index (κ2) is 24.2. The summed E-state index contributed by atoms with van der Waals surface area (Å²) in [5, 5.41) is 0. The Balaban J connectivity index is 3.22. The van der Waals surface area contributed by atoms with Crippen LogP contribution in [0, 0.1) is 0 Å². The van der Waals surface area contributed by atoms with Crippen molar-refractivity contribution in [2.45, 2.75) is 135 Å². The lowest BCUT2D eigenvalue weighted by atomic mass is 10.0. The molecule has 1 atom stereocenters. The molecule has 1 unspecified atom stereocenters. The highest BCUT2D eigenvalue weighted by Crippen LogP contribution is 2.43. The first kappa shape index (κ1) is 34.8. The molecule has 0 aromatic carbocycles. The van der Waals surface area contributed by atoms with E-state index in [-0.39, 0.29) is 6.61 Å². The third-order valence-electron chi connectivity index (χ3n) is 6.57. The molecule has 0 rings (SSSR count). The van der Waals surface area contributed by atoms with Crippen LogP contribution in [-0.2, 0) is 13.6 Å². The Morgan fingerprint density at radius 3 is 1.26 bits per heavy atom. The Bertz CT molecular complexity index is 507. The SMILES string of the molecule is C=CCCCCCCCCCCCCCCCCCCCCCCOP(=O)(O)OCC[N+](C)(C)C. The molecule has 0 spiro atoms. The Morgan fingerprint density at radius 1 is 0.600 bits per heavy atom. The average Bonchev–Trinajstić information content (AvgIpc) is 2.78. The van der Waals surface area contributed by atoms with Crippen LogP contribution in [0.1, 0.15) is 135 Å². The van der Waals surface area contributed by atoms with Gasteiger partial charge in [0.1, 0.15) is 13.2 Å². The molecule has 0 heterocycles. The van der Waals surface area contributed by atoms with Gasteiger partial charge in [0.05, 0.1) is 27.7 Å². The minimum Gasteiger partial charge on any atom is -0.329 e. The molecule has 210 valence electrons. The zero-order valence-electron chi connectivity index (χ0n) is 23.8. The van der Waals surface area contributed by atoms with Crippen molar-refractivity contribution >= 4 is 7.82 Å². The van der Waals surface area contributed by atoms with Crippen molar-refractivity contribution in [2.24, 2.45) is 0 Å². The third-order valence-corrected chi connectivity index (χ3v) is 7.59. The largest absolute Gasteiger partial charge is 0.472 e. The normalized spacial score (nSPS) is 13.7. The second-order valence-corrected chi connectivity index (χ2v) is 12.8. The van der Waals surface area contributed by atoms with Gasteiger partial charge < -0.3 is 9.38 Å². The van der Waals surface area contributed by atoms with Gasteiger partial charge in [-0.25, -0.2) is 4.57 Å². The third kappa shape index (κ3) is 29.9. The van der Waals surface area contributed by atoms with Crippen LogP contribution in [0.5, 0.6) is 0 Å². The van der Waals surface area contributed by atoms with Gasteiger partial charge in [-0.15, -0.1) is 6.58 Å². The van der Waals surface area contributed by atoms with E-state index in [1.807, 2.05) is 27.2 Å². The number of rotatable bonds is 28. The number of hydrogen-bond donors (Lipinski definition) is 1. The summed E-state index contributed by atoms with van der Waals surface area (Å²) < 4.78 is 22.6. The van der Waals surface area contributed by atoms with Crippen molar-refractivity contribution in [3.63, 3.8) is 0 Å². The summed E-state index contributed by atoms with van der Waals surface area (Å²) in [6.07, 6.45) is 29.9. The lowest BCUT2D eigenvalue weighted by Gasteiger charge is -2.24. The number of allylic oxidation sites excluding steroid dienone is 1. The number of likely N-dealkylation sites (N-methyl/N-ethyl adjacent to an activating group) is 1. The molecule has 0 fully saturated rings. The van der Waals surface area contributed by atoms with E-state index in [1.54, 1.807) is 0 Å². The monoisotopic (exact) mass is 518 g/mol. The Morgan fingerprint density at radius 2 is 0.914 bits per heavy atom. The fraction of sp³-hybridized carbons (Fsp3) is 0.931. The van der Waals surface area contributed by atoms with Gasteiger partial charge in [-0.1, -0.05) is 122 Å². The molecule has 6 heteroatoms. The topological polar surface area (TPSA) is 55.8 Å². The molecule has 0 saturated carbocycles. The molecule has 0 aromatic rings. The number of phosphoric ester groups is 1. The van der Waals surface area contributed by atoms with E-state index in [1.165, 1.54) is 122 Å². The summed E-state index contributed by atoms with van der Waals surface area (Å²) in [6, 6.07) is 0. The number of quaternary nitrogens is 1. The van der Waals surface area contributed by atoms with Crippen molar-refractivity contribution in [1.29, 1.82) is 0 Å². The fourth-order valence-electron chi connectivity index (χ4n) is 4.22. The van der Waals surface area contributed by atoms with Crippen molar-refractivity contribution < 1.29 is 23.0 Å². The summed E-state index contributed by atoms with van der Waals surface area (Å²) >= 11 is 0. The molecule has 0 bridgehead atoms. The van der Waals surface area contributed by atoms with Crippen LogP contribution in [0.25, 0.3) is 0 Å². The van der Waals surface area contributed by atoms with Gasteiger partial charge in [0.2, 0.25) is 0 Å². The Labute approximate surface area is 219 Å². The first-order chi connectivity index (χ1) is 16.8. The van der Waals surface area contributed by atoms with Crippen LogP contribution < -0.4 is 0 Å². The minimum atomic E-state index is -3.89. The molecule has 0 aliphatic rings. The van der Waals surface area contributed by atoms with Crippen LogP contribution in [0.3, 0.4) is 0 Å². The smallest absolute Gasteiger partial charge is 0.329 e. The molecule has 5 nitrogen and oxygen atoms in total. The fourth-order valence-corrected chi connectivity index (χ4v) is 4.97. The van der Waals surface area contributed by atoms with Crippen LogP contribution in [0.2, 0.25) is 0 Å². The molecule has 0 amide bonds. The Kier molecular flexibility index (Phi) is 24.0. The molecular formula is C29H61NO4P+. The van der Waals surface area contributed by atoms with Crippen LogP contribution in [-0.4, -0.2) is 50.3 Å². The minimum absolute atomic E-state index is 0.231. The number of unbranched alkanes of at least 4 members (excludes halogenated alkanes) is 20. The van der Waals surface area contributed by atoms with Crippen molar-refractivity contribution in [1.82, 2.24) is 0 Å². The molecular weight excluding hydrogens is 457 g/mol. The lowest BCUT2D eigenvalue weighted by Crippen LogP contribution is -2.37. The summed E-state index contributed by atoms with van der Waals surface area (Å²) in [4.78, 5) is 9.68.